The van der Waals surface area contributed by atoms with Crippen LogP contribution in [0, 0.1) is 0 Å². The van der Waals surface area contributed by atoms with E-state index in [1.165, 1.54) is 24.3 Å². The summed E-state index contributed by atoms with van der Waals surface area (Å²) in [4.78, 5) is 12.1. The molecule has 0 aromatic heterocycles. The molecular formula is C18H21BrN2O4S. The first kappa shape index (κ1) is 20.4. The van der Waals surface area contributed by atoms with Crippen molar-refractivity contribution in [2.45, 2.75) is 31.2 Å². The normalized spacial score (nSPS) is 12.4. The molecule has 0 radical (unpaired) electrons. The third-order valence-corrected chi connectivity index (χ3v) is 5.73. The Kier molecular flexibility index (Phi) is 7.19. The molecule has 0 saturated carbocycles. The lowest BCUT2D eigenvalue weighted by molar-refractivity contribution is -0.118. The number of carbonyl (C=O) groups is 1. The molecule has 2 N–H and O–H groups in total. The Balaban J connectivity index is 1.90. The van der Waals surface area contributed by atoms with Gasteiger partial charge in [0.05, 0.1) is 4.90 Å². The maximum Gasteiger partial charge on any atom is 0.262 e. The average Bonchev–Trinajstić information content (AvgIpc) is 2.62. The van der Waals surface area contributed by atoms with Crippen LogP contribution in [-0.2, 0) is 14.8 Å². The van der Waals surface area contributed by atoms with E-state index >= 15 is 0 Å². The van der Waals surface area contributed by atoms with Crippen LogP contribution in [0.25, 0.3) is 0 Å². The number of sulfonamides is 1. The predicted molar refractivity (Wildman–Crippen MR) is 105 cm³/mol. The van der Waals surface area contributed by atoms with Crippen LogP contribution in [0.4, 0.5) is 5.69 Å². The Hall–Kier alpha value is -1.90. The van der Waals surface area contributed by atoms with E-state index in [4.69, 9.17) is 4.74 Å². The van der Waals surface area contributed by atoms with Crippen molar-refractivity contribution in [1.82, 2.24) is 4.72 Å². The standard InChI is InChI=1S/C18H21BrN2O4S/c1-3-13(2)21-26(23,24)17-10-8-16(9-11-17)25-12-18(22)20-15-6-4-14(19)5-7-15/h4-11,13,21H,3,12H2,1-2H3,(H,20,22)/t13-/m1/s1. The van der Waals surface area contributed by atoms with Crippen LogP contribution in [0.5, 0.6) is 5.75 Å². The minimum absolute atomic E-state index is 0.141. The first-order valence-corrected chi connectivity index (χ1v) is 10.4. The van der Waals surface area contributed by atoms with Crippen molar-refractivity contribution in [1.29, 1.82) is 0 Å². The quantitative estimate of drug-likeness (QED) is 0.657. The summed E-state index contributed by atoms with van der Waals surface area (Å²) in [6, 6.07) is 13.0. The van der Waals surface area contributed by atoms with Gasteiger partial charge >= 0.3 is 0 Å². The van der Waals surface area contributed by atoms with Crippen molar-refractivity contribution in [3.63, 3.8) is 0 Å². The van der Waals surface area contributed by atoms with Crippen molar-refractivity contribution >= 4 is 37.5 Å². The molecule has 2 rings (SSSR count). The van der Waals surface area contributed by atoms with Gasteiger partial charge in [0, 0.05) is 16.2 Å². The summed E-state index contributed by atoms with van der Waals surface area (Å²) >= 11 is 3.33. The fourth-order valence-electron chi connectivity index (χ4n) is 2.01. The molecule has 2 aromatic rings. The number of ether oxygens (including phenoxy) is 1. The number of nitrogens with one attached hydrogen (secondary N) is 2. The summed E-state index contributed by atoms with van der Waals surface area (Å²) in [6.45, 7) is 3.54. The van der Waals surface area contributed by atoms with E-state index < -0.39 is 10.0 Å². The van der Waals surface area contributed by atoms with E-state index in [0.717, 1.165) is 4.47 Å². The van der Waals surface area contributed by atoms with E-state index in [2.05, 4.69) is 26.0 Å². The largest absolute Gasteiger partial charge is 0.484 e. The Morgan fingerprint density at radius 2 is 1.73 bits per heavy atom. The van der Waals surface area contributed by atoms with Crippen molar-refractivity contribution in [2.24, 2.45) is 0 Å². The van der Waals surface area contributed by atoms with Crippen LogP contribution in [0.3, 0.4) is 0 Å². The van der Waals surface area contributed by atoms with Crippen LogP contribution in [0.2, 0.25) is 0 Å². The van der Waals surface area contributed by atoms with Gasteiger partial charge in [-0.2, -0.15) is 0 Å². The number of amides is 1. The highest BCUT2D eigenvalue weighted by Crippen LogP contribution is 2.17. The molecule has 0 fully saturated rings. The molecule has 0 heterocycles. The maximum atomic E-state index is 12.2. The number of rotatable bonds is 8. The number of carbonyl (C=O) groups excluding carboxylic acids is 1. The van der Waals surface area contributed by atoms with Gasteiger partial charge in [0.2, 0.25) is 10.0 Å². The van der Waals surface area contributed by atoms with Crippen molar-refractivity contribution < 1.29 is 17.9 Å². The van der Waals surface area contributed by atoms with Crippen LogP contribution in [-0.4, -0.2) is 27.0 Å². The highest BCUT2D eigenvalue weighted by atomic mass is 79.9. The fraction of sp³-hybridized carbons (Fsp3) is 0.278. The number of benzene rings is 2. The number of anilines is 1. The molecule has 0 saturated heterocycles. The zero-order chi connectivity index (χ0) is 19.2. The minimum Gasteiger partial charge on any atom is -0.484 e. The summed E-state index contributed by atoms with van der Waals surface area (Å²) in [6.07, 6.45) is 0.702. The van der Waals surface area contributed by atoms with Crippen LogP contribution in [0.15, 0.2) is 57.9 Å². The van der Waals surface area contributed by atoms with Gasteiger partial charge in [-0.25, -0.2) is 13.1 Å². The van der Waals surface area contributed by atoms with E-state index in [0.29, 0.717) is 17.9 Å². The van der Waals surface area contributed by atoms with Gasteiger partial charge in [0.15, 0.2) is 6.61 Å². The minimum atomic E-state index is -3.55. The summed E-state index contributed by atoms with van der Waals surface area (Å²) in [5.41, 5.74) is 0.666. The van der Waals surface area contributed by atoms with Gasteiger partial charge in [-0.1, -0.05) is 22.9 Å². The molecule has 0 aliphatic heterocycles. The van der Waals surface area contributed by atoms with E-state index in [1.54, 1.807) is 19.1 Å². The summed E-state index contributed by atoms with van der Waals surface area (Å²) in [5.74, 6) is 0.112. The highest BCUT2D eigenvalue weighted by molar-refractivity contribution is 9.10. The maximum absolute atomic E-state index is 12.2. The molecule has 1 amide bonds. The third-order valence-electron chi connectivity index (χ3n) is 3.60. The first-order chi connectivity index (χ1) is 12.3. The van der Waals surface area contributed by atoms with Crippen molar-refractivity contribution in [3.8, 4) is 5.75 Å². The van der Waals surface area contributed by atoms with Crippen molar-refractivity contribution in [2.75, 3.05) is 11.9 Å². The zero-order valence-electron chi connectivity index (χ0n) is 14.5. The lowest BCUT2D eigenvalue weighted by Crippen LogP contribution is -2.31. The van der Waals surface area contributed by atoms with Crippen LogP contribution < -0.4 is 14.8 Å². The molecule has 26 heavy (non-hydrogen) atoms. The molecule has 0 bridgehead atoms. The molecule has 0 aliphatic rings. The Bertz CT molecular complexity index is 836. The number of hydrogen-bond acceptors (Lipinski definition) is 4. The molecule has 0 aliphatic carbocycles. The van der Waals surface area contributed by atoms with E-state index in [1.807, 2.05) is 19.1 Å². The molecule has 8 heteroatoms. The highest BCUT2D eigenvalue weighted by Gasteiger charge is 2.16. The molecule has 140 valence electrons. The fourth-order valence-corrected chi connectivity index (χ4v) is 3.60. The van der Waals surface area contributed by atoms with Crippen LogP contribution in [0.1, 0.15) is 20.3 Å². The third kappa shape index (κ3) is 6.12. The predicted octanol–water partition coefficient (Wildman–Crippen LogP) is 3.54. The lowest BCUT2D eigenvalue weighted by atomic mass is 10.3. The lowest BCUT2D eigenvalue weighted by Gasteiger charge is -2.12. The summed E-state index contributed by atoms with van der Waals surface area (Å²) in [7, 11) is -3.55. The summed E-state index contributed by atoms with van der Waals surface area (Å²) in [5, 5.41) is 2.71. The molecule has 0 spiro atoms. The molecule has 0 unspecified atom stereocenters. The van der Waals surface area contributed by atoms with Crippen LogP contribution >= 0.6 is 15.9 Å². The Labute approximate surface area is 162 Å². The second kappa shape index (κ2) is 9.16. The van der Waals surface area contributed by atoms with Gasteiger partial charge in [0.25, 0.3) is 5.91 Å². The zero-order valence-corrected chi connectivity index (χ0v) is 16.9. The van der Waals surface area contributed by atoms with Gasteiger partial charge in [-0.05, 0) is 61.9 Å². The van der Waals surface area contributed by atoms with Gasteiger partial charge < -0.3 is 10.1 Å². The Morgan fingerprint density at radius 1 is 1.12 bits per heavy atom. The molecule has 1 atom stereocenters. The SMILES string of the molecule is CC[C@@H](C)NS(=O)(=O)c1ccc(OCC(=O)Nc2ccc(Br)cc2)cc1. The average molecular weight is 441 g/mol. The van der Waals surface area contributed by atoms with Gasteiger partial charge in [-0.3, -0.25) is 4.79 Å². The summed E-state index contributed by atoms with van der Waals surface area (Å²) < 4.78 is 33.3. The smallest absolute Gasteiger partial charge is 0.262 e. The van der Waals surface area contributed by atoms with Crippen molar-refractivity contribution in [3.05, 3.63) is 53.0 Å². The second-order valence-corrected chi connectivity index (χ2v) is 8.38. The van der Waals surface area contributed by atoms with E-state index in [-0.39, 0.29) is 23.5 Å². The Morgan fingerprint density at radius 3 is 2.31 bits per heavy atom. The monoisotopic (exact) mass is 440 g/mol. The molecular weight excluding hydrogens is 420 g/mol. The number of halogens is 1. The second-order valence-electron chi connectivity index (χ2n) is 5.75. The molecule has 2 aromatic carbocycles. The first-order valence-electron chi connectivity index (χ1n) is 8.11. The topological polar surface area (TPSA) is 84.5 Å². The molecule has 6 nitrogen and oxygen atoms in total. The van der Waals surface area contributed by atoms with E-state index in [9.17, 15) is 13.2 Å². The van der Waals surface area contributed by atoms with Gasteiger partial charge in [-0.15, -0.1) is 0 Å². The number of hydrogen-bond donors (Lipinski definition) is 2. The van der Waals surface area contributed by atoms with Gasteiger partial charge in [0.1, 0.15) is 5.75 Å².